The van der Waals surface area contributed by atoms with Gasteiger partial charge >= 0.3 is 5.97 Å². The Bertz CT molecular complexity index is 896. The van der Waals surface area contributed by atoms with Crippen molar-refractivity contribution in [2.45, 2.75) is 13.0 Å². The van der Waals surface area contributed by atoms with Crippen LogP contribution in [0, 0.1) is 5.92 Å². The zero-order chi connectivity index (χ0) is 20.8. The number of aliphatic carboxylic acids is 1. The van der Waals surface area contributed by atoms with Gasteiger partial charge in [-0.15, -0.1) is 0 Å². The van der Waals surface area contributed by atoms with Crippen LogP contribution in [0.4, 0.5) is 5.69 Å². The average Bonchev–Trinajstić information content (AvgIpc) is 3.08. The monoisotopic (exact) mass is 398 g/mol. The van der Waals surface area contributed by atoms with Crippen molar-refractivity contribution in [2.24, 2.45) is 5.92 Å². The van der Waals surface area contributed by atoms with Crippen LogP contribution in [0.3, 0.4) is 0 Å². The van der Waals surface area contributed by atoms with E-state index in [1.54, 1.807) is 36.3 Å². The molecule has 0 unspecified atom stereocenters. The predicted molar refractivity (Wildman–Crippen MR) is 105 cm³/mol. The number of rotatable bonds is 8. The number of anilines is 1. The topological polar surface area (TPSA) is 105 Å². The molecule has 8 heteroatoms. The van der Waals surface area contributed by atoms with Gasteiger partial charge in [-0.3, -0.25) is 9.59 Å². The second kappa shape index (κ2) is 9.09. The Labute approximate surface area is 168 Å². The van der Waals surface area contributed by atoms with Crippen molar-refractivity contribution in [3.63, 3.8) is 0 Å². The van der Waals surface area contributed by atoms with E-state index in [4.69, 9.17) is 14.6 Å². The number of ether oxygens (including phenoxy) is 2. The molecule has 2 aromatic rings. The average molecular weight is 398 g/mol. The molecule has 2 aromatic carbocycles. The number of carboxylic acid groups (broad SMARTS) is 1. The van der Waals surface area contributed by atoms with Crippen LogP contribution in [0.15, 0.2) is 48.5 Å². The van der Waals surface area contributed by atoms with Crippen molar-refractivity contribution in [3.8, 4) is 11.5 Å². The first-order chi connectivity index (χ1) is 13.9. The number of hydrogen-bond acceptors (Lipinski definition) is 5. The van der Waals surface area contributed by atoms with Gasteiger partial charge in [0, 0.05) is 31.3 Å². The number of nitrogens with zero attached hydrogens (tertiary/aromatic N) is 1. The van der Waals surface area contributed by atoms with Crippen molar-refractivity contribution in [1.29, 1.82) is 0 Å². The van der Waals surface area contributed by atoms with Crippen LogP contribution in [0.25, 0.3) is 0 Å². The number of likely N-dealkylation sites (tertiary alicyclic amines) is 1. The van der Waals surface area contributed by atoms with Gasteiger partial charge in [-0.25, -0.2) is 4.79 Å². The zero-order valence-electron chi connectivity index (χ0n) is 16.0. The molecule has 29 heavy (non-hydrogen) atoms. The lowest BCUT2D eigenvalue weighted by molar-refractivity contribution is -0.139. The second-order valence-corrected chi connectivity index (χ2v) is 6.72. The third-order valence-corrected chi connectivity index (χ3v) is 4.58. The molecule has 3 rings (SSSR count). The summed E-state index contributed by atoms with van der Waals surface area (Å²) in [7, 11) is 1.59. The van der Waals surface area contributed by atoms with Gasteiger partial charge in [-0.1, -0.05) is 18.2 Å². The number of hydrogen-bond donors (Lipinski definition) is 2. The summed E-state index contributed by atoms with van der Waals surface area (Å²) in [6.45, 7) is 0.311. The second-order valence-electron chi connectivity index (χ2n) is 6.72. The molecule has 1 saturated heterocycles. The summed E-state index contributed by atoms with van der Waals surface area (Å²) in [5, 5.41) is 11.4. The Morgan fingerprint density at radius 3 is 2.62 bits per heavy atom. The molecular weight excluding hydrogens is 376 g/mol. The van der Waals surface area contributed by atoms with Gasteiger partial charge in [0.05, 0.1) is 13.0 Å². The van der Waals surface area contributed by atoms with E-state index in [0.29, 0.717) is 24.5 Å². The predicted octanol–water partition coefficient (Wildman–Crippen LogP) is 2.15. The highest BCUT2D eigenvalue weighted by Gasteiger charge is 2.34. The van der Waals surface area contributed by atoms with Gasteiger partial charge in [0.25, 0.3) is 0 Å². The zero-order valence-corrected chi connectivity index (χ0v) is 16.0. The standard InChI is InChI=1S/C21H22N2O6/c1-28-17-7-5-14(6-8-17)11-23-12-15(9-19(23)24)21(27)22-16-3-2-4-18(10-16)29-13-20(25)26/h2-8,10,15H,9,11-13H2,1H3,(H,22,27)(H,25,26)/t15-/m0/s1. The molecular formula is C21H22N2O6. The smallest absolute Gasteiger partial charge is 0.341 e. The fourth-order valence-electron chi connectivity index (χ4n) is 3.10. The number of amides is 2. The highest BCUT2D eigenvalue weighted by Crippen LogP contribution is 2.24. The molecule has 8 nitrogen and oxygen atoms in total. The van der Waals surface area contributed by atoms with Crippen molar-refractivity contribution in [1.82, 2.24) is 4.90 Å². The normalized spacial score (nSPS) is 15.8. The summed E-state index contributed by atoms with van der Waals surface area (Å²) >= 11 is 0. The number of carbonyl (C=O) groups excluding carboxylic acids is 2. The minimum Gasteiger partial charge on any atom is -0.497 e. The Balaban J connectivity index is 1.57. The fourth-order valence-corrected chi connectivity index (χ4v) is 3.10. The van der Waals surface area contributed by atoms with E-state index in [1.165, 1.54) is 0 Å². The maximum atomic E-state index is 12.6. The summed E-state index contributed by atoms with van der Waals surface area (Å²) in [6, 6.07) is 13.9. The number of benzene rings is 2. The minimum atomic E-state index is -1.08. The maximum Gasteiger partial charge on any atom is 0.341 e. The summed E-state index contributed by atoms with van der Waals surface area (Å²) < 4.78 is 10.2. The third kappa shape index (κ3) is 5.47. The van der Waals surface area contributed by atoms with Gasteiger partial charge in [-0.05, 0) is 29.8 Å². The van der Waals surface area contributed by atoms with Gasteiger partial charge in [-0.2, -0.15) is 0 Å². The van der Waals surface area contributed by atoms with Crippen molar-refractivity contribution < 1.29 is 29.0 Å². The number of methoxy groups -OCH3 is 1. The van der Waals surface area contributed by atoms with E-state index in [-0.39, 0.29) is 18.2 Å². The summed E-state index contributed by atoms with van der Waals surface area (Å²) in [5.41, 5.74) is 1.45. The van der Waals surface area contributed by atoms with Gasteiger partial charge < -0.3 is 24.8 Å². The molecule has 0 bridgehead atoms. The first-order valence-electron chi connectivity index (χ1n) is 9.11. The number of carbonyl (C=O) groups is 3. The quantitative estimate of drug-likeness (QED) is 0.706. The van der Waals surface area contributed by atoms with Gasteiger partial charge in [0.2, 0.25) is 11.8 Å². The molecule has 0 aromatic heterocycles. The summed E-state index contributed by atoms with van der Waals surface area (Å²) in [6.07, 6.45) is 0.150. The Morgan fingerprint density at radius 1 is 1.17 bits per heavy atom. The van der Waals surface area contributed by atoms with E-state index < -0.39 is 18.5 Å². The molecule has 0 radical (unpaired) electrons. The highest BCUT2D eigenvalue weighted by molar-refractivity contribution is 5.97. The molecule has 1 fully saturated rings. The molecule has 2 amide bonds. The van der Waals surface area contributed by atoms with Gasteiger partial charge in [0.1, 0.15) is 11.5 Å². The molecule has 0 spiro atoms. The van der Waals surface area contributed by atoms with Crippen molar-refractivity contribution >= 4 is 23.5 Å². The molecule has 1 heterocycles. The first kappa shape index (κ1) is 20.2. The van der Waals surface area contributed by atoms with Crippen LogP contribution >= 0.6 is 0 Å². The van der Waals surface area contributed by atoms with Crippen LogP contribution < -0.4 is 14.8 Å². The molecule has 0 aliphatic carbocycles. The van der Waals surface area contributed by atoms with Crippen LogP contribution in [0.5, 0.6) is 11.5 Å². The Morgan fingerprint density at radius 2 is 1.93 bits per heavy atom. The summed E-state index contributed by atoms with van der Waals surface area (Å²) in [5.74, 6) is -0.780. The fraction of sp³-hybridized carbons (Fsp3) is 0.286. The first-order valence-corrected chi connectivity index (χ1v) is 9.11. The van der Waals surface area contributed by atoms with Crippen LogP contribution in [0.2, 0.25) is 0 Å². The van der Waals surface area contributed by atoms with E-state index in [0.717, 1.165) is 11.3 Å². The largest absolute Gasteiger partial charge is 0.497 e. The maximum absolute atomic E-state index is 12.6. The van der Waals surface area contributed by atoms with Crippen molar-refractivity contribution in [3.05, 3.63) is 54.1 Å². The molecule has 2 N–H and O–H groups in total. The van der Waals surface area contributed by atoms with E-state index in [2.05, 4.69) is 5.32 Å². The highest BCUT2D eigenvalue weighted by atomic mass is 16.5. The lowest BCUT2D eigenvalue weighted by Gasteiger charge is -2.17. The Kier molecular flexibility index (Phi) is 6.33. The number of nitrogens with one attached hydrogen (secondary N) is 1. The van der Waals surface area contributed by atoms with Crippen molar-refractivity contribution in [2.75, 3.05) is 25.6 Å². The molecule has 0 saturated carbocycles. The molecule has 152 valence electrons. The SMILES string of the molecule is COc1ccc(CN2C[C@@H](C(=O)Nc3cccc(OCC(=O)O)c3)CC2=O)cc1. The number of carboxylic acids is 1. The third-order valence-electron chi connectivity index (χ3n) is 4.58. The molecule has 1 atom stereocenters. The van der Waals surface area contributed by atoms with E-state index in [1.807, 2.05) is 24.3 Å². The van der Waals surface area contributed by atoms with Gasteiger partial charge in [0.15, 0.2) is 6.61 Å². The van der Waals surface area contributed by atoms with E-state index in [9.17, 15) is 14.4 Å². The molecule has 1 aliphatic rings. The minimum absolute atomic E-state index is 0.0699. The van der Waals surface area contributed by atoms with Crippen LogP contribution in [-0.2, 0) is 20.9 Å². The molecule has 1 aliphatic heterocycles. The lowest BCUT2D eigenvalue weighted by Crippen LogP contribution is -2.28. The summed E-state index contributed by atoms with van der Waals surface area (Å²) in [4.78, 5) is 37.2. The lowest BCUT2D eigenvalue weighted by atomic mass is 10.1. The Hall–Kier alpha value is -3.55. The van der Waals surface area contributed by atoms with E-state index >= 15 is 0 Å². The van der Waals surface area contributed by atoms with Crippen LogP contribution in [-0.4, -0.2) is 48.1 Å². The van der Waals surface area contributed by atoms with Crippen LogP contribution in [0.1, 0.15) is 12.0 Å².